The third-order valence-corrected chi connectivity index (χ3v) is 11.6. The molecule has 3 aliphatic rings. The molecule has 16 heteroatoms. The molecule has 1 aromatic heterocycles. The number of benzene rings is 3. The molecule has 3 aliphatic heterocycles. The second-order valence-electron chi connectivity index (χ2n) is 13.6. The molecule has 4 heterocycles. The lowest BCUT2D eigenvalue weighted by Gasteiger charge is -2.36. The number of rotatable bonds is 10. The largest absolute Gasteiger partial charge is 0.494 e. The van der Waals surface area contributed by atoms with Gasteiger partial charge in [0.25, 0.3) is 5.91 Å². The number of para-hydroxylation sites is 1. The van der Waals surface area contributed by atoms with Crippen LogP contribution in [-0.2, 0) is 27.2 Å². The number of nitrogens with zero attached hydrogens (tertiary/aromatic N) is 5. The van der Waals surface area contributed by atoms with Gasteiger partial charge in [0.05, 0.1) is 31.2 Å². The summed E-state index contributed by atoms with van der Waals surface area (Å²) < 4.78 is 34.4. The van der Waals surface area contributed by atoms with Gasteiger partial charge in [0.2, 0.25) is 17.8 Å². The number of aromatic nitrogens is 2. The maximum Gasteiger partial charge on any atom is 0.255 e. The average molecular weight is 761 g/mol. The molecule has 1 unspecified atom stereocenters. The van der Waals surface area contributed by atoms with Gasteiger partial charge in [-0.15, -0.1) is 0 Å². The van der Waals surface area contributed by atoms with Gasteiger partial charge in [0, 0.05) is 72.9 Å². The zero-order valence-corrected chi connectivity index (χ0v) is 31.1. The number of methoxy groups -OCH3 is 1. The Morgan fingerprint density at radius 2 is 1.79 bits per heavy atom. The highest BCUT2D eigenvalue weighted by molar-refractivity contribution is 7.70. The fourth-order valence-electron chi connectivity index (χ4n) is 6.97. The van der Waals surface area contributed by atoms with Gasteiger partial charge in [-0.25, -0.2) is 9.37 Å². The zero-order chi connectivity index (χ0) is 37.4. The molecule has 2 saturated heterocycles. The number of fused-ring (bicyclic) bond motifs is 1. The Morgan fingerprint density at radius 1 is 1.02 bits per heavy atom. The lowest BCUT2D eigenvalue weighted by atomic mass is 10.0. The summed E-state index contributed by atoms with van der Waals surface area (Å²) in [6.45, 7) is 6.56. The van der Waals surface area contributed by atoms with E-state index in [1.807, 2.05) is 42.5 Å². The summed E-state index contributed by atoms with van der Waals surface area (Å²) in [5, 5.41) is 9.70. The molecule has 1 atom stereocenters. The molecule has 3 N–H and O–H groups in total. The Kier molecular flexibility index (Phi) is 10.1. The fourth-order valence-corrected chi connectivity index (χ4v) is 8.27. The molecule has 0 radical (unpaired) electrons. The molecule has 4 aromatic rings. The van der Waals surface area contributed by atoms with Crippen molar-refractivity contribution in [1.29, 1.82) is 0 Å². The summed E-state index contributed by atoms with van der Waals surface area (Å²) in [5.74, 6) is -0.467. The van der Waals surface area contributed by atoms with Crippen molar-refractivity contribution in [3.8, 4) is 5.75 Å². The zero-order valence-electron chi connectivity index (χ0n) is 29.5. The molecule has 2 fully saturated rings. The first-order valence-corrected chi connectivity index (χ1v) is 20.2. The van der Waals surface area contributed by atoms with E-state index in [4.69, 9.17) is 16.3 Å². The van der Waals surface area contributed by atoms with E-state index in [9.17, 15) is 18.9 Å². The summed E-state index contributed by atoms with van der Waals surface area (Å²) in [4.78, 5) is 51.8. The summed E-state index contributed by atoms with van der Waals surface area (Å²) in [6, 6.07) is 15.7. The Labute approximate surface area is 311 Å². The monoisotopic (exact) mass is 760 g/mol. The third kappa shape index (κ3) is 7.57. The van der Waals surface area contributed by atoms with Crippen LogP contribution in [0.25, 0.3) is 0 Å². The van der Waals surface area contributed by atoms with Gasteiger partial charge in [-0.3, -0.25) is 24.6 Å². The minimum Gasteiger partial charge on any atom is -0.494 e. The number of hydrogen-bond donors (Lipinski definition) is 3. The van der Waals surface area contributed by atoms with E-state index in [1.165, 1.54) is 11.1 Å². The molecule has 3 aromatic carbocycles. The number of hydrogen-bond acceptors (Lipinski definition) is 11. The fraction of sp³-hybridized carbons (Fsp3) is 0.324. The third-order valence-electron chi connectivity index (χ3n) is 9.77. The van der Waals surface area contributed by atoms with E-state index in [0.717, 1.165) is 5.69 Å². The maximum atomic E-state index is 15.8. The van der Waals surface area contributed by atoms with Crippen molar-refractivity contribution in [3.63, 3.8) is 0 Å². The van der Waals surface area contributed by atoms with Crippen molar-refractivity contribution in [2.75, 3.05) is 62.2 Å². The predicted molar refractivity (Wildman–Crippen MR) is 202 cm³/mol. The van der Waals surface area contributed by atoms with Gasteiger partial charge in [-0.2, -0.15) is 4.98 Å². The van der Waals surface area contributed by atoms with Crippen LogP contribution in [0.2, 0.25) is 5.02 Å². The number of anilines is 5. The number of imide groups is 1. The number of carbonyl (C=O) groups is 3. The van der Waals surface area contributed by atoms with Crippen molar-refractivity contribution < 1.29 is 28.1 Å². The van der Waals surface area contributed by atoms with Crippen LogP contribution >= 0.6 is 18.7 Å². The van der Waals surface area contributed by atoms with Gasteiger partial charge in [0.15, 0.2) is 5.82 Å². The first kappa shape index (κ1) is 36.3. The standard InChI is InChI=1S/C37H39ClFN8O5P/c1-52-30-18-23(9-11-27(30)42-37-40-19-26(38)34(44-37)41-28-6-4-5-7-31(28)53(2,3)51)46-16-14-45(15-17-46)20-22-8-10-24-25(33(22)39)21-47(36(24)50)29-12-13-32(48)43-35(29)49/h4-11,18-19,29H,12-17,20-21H2,1-3H3,(H,43,48,49)(H2,40,41,42,44). The number of amides is 3. The van der Waals surface area contributed by atoms with E-state index in [-0.39, 0.29) is 36.8 Å². The topological polar surface area (TPSA) is 149 Å². The van der Waals surface area contributed by atoms with Crippen LogP contribution in [-0.4, -0.2) is 90.1 Å². The van der Waals surface area contributed by atoms with Crippen LogP contribution in [0, 0.1) is 5.82 Å². The van der Waals surface area contributed by atoms with E-state index in [2.05, 4.69) is 35.7 Å². The van der Waals surface area contributed by atoms with Crippen molar-refractivity contribution in [1.82, 2.24) is 25.1 Å². The van der Waals surface area contributed by atoms with Gasteiger partial charge in [-0.1, -0.05) is 29.8 Å². The molecule has 0 bridgehead atoms. The maximum absolute atomic E-state index is 15.8. The van der Waals surface area contributed by atoms with Gasteiger partial charge < -0.3 is 29.7 Å². The Morgan fingerprint density at radius 3 is 2.53 bits per heavy atom. The van der Waals surface area contributed by atoms with Crippen LogP contribution in [0.15, 0.2) is 60.8 Å². The lowest BCUT2D eigenvalue weighted by molar-refractivity contribution is -0.136. The highest BCUT2D eigenvalue weighted by atomic mass is 35.5. The molecule has 7 rings (SSSR count). The van der Waals surface area contributed by atoms with Crippen LogP contribution in [0.5, 0.6) is 5.75 Å². The number of piperidine rings is 1. The highest BCUT2D eigenvalue weighted by Gasteiger charge is 2.40. The van der Waals surface area contributed by atoms with E-state index < -0.39 is 30.8 Å². The Hall–Kier alpha value is -5.04. The Balaban J connectivity index is 0.983. The first-order chi connectivity index (χ1) is 25.4. The SMILES string of the molecule is COc1cc(N2CCN(Cc3ccc4c(c3F)CN(C3CCC(=O)NC3=O)C4=O)CC2)ccc1Nc1ncc(Cl)c(Nc2ccccc2P(C)(C)=O)n1. The lowest BCUT2D eigenvalue weighted by Crippen LogP contribution is -2.52. The summed E-state index contributed by atoms with van der Waals surface area (Å²) in [5.41, 5.74) is 3.32. The van der Waals surface area contributed by atoms with Crippen LogP contribution in [0.4, 0.5) is 33.2 Å². The molecule has 3 amide bonds. The second-order valence-corrected chi connectivity index (χ2v) is 17.2. The minimum atomic E-state index is -2.57. The summed E-state index contributed by atoms with van der Waals surface area (Å²) in [6.07, 6.45) is 1.86. The minimum absolute atomic E-state index is 0.000642. The average Bonchev–Trinajstić information content (AvgIpc) is 3.47. The molecule has 0 spiro atoms. The number of nitrogens with one attached hydrogen (secondary N) is 3. The number of piperazine rings is 1. The Bertz CT molecular complexity index is 2160. The van der Waals surface area contributed by atoms with Gasteiger partial charge >= 0.3 is 0 Å². The molecular formula is C37H39ClFN8O5P. The number of carbonyl (C=O) groups excluding carboxylic acids is 3. The van der Waals surface area contributed by atoms with Crippen molar-refractivity contribution in [2.24, 2.45) is 0 Å². The highest BCUT2D eigenvalue weighted by Crippen LogP contribution is 2.39. The molecule has 53 heavy (non-hydrogen) atoms. The van der Waals surface area contributed by atoms with Gasteiger partial charge in [0.1, 0.15) is 29.8 Å². The second kappa shape index (κ2) is 14.8. The normalized spacial score (nSPS) is 17.8. The number of halogens is 2. The van der Waals surface area contributed by atoms with Crippen molar-refractivity contribution in [2.45, 2.75) is 32.0 Å². The molecule has 13 nitrogen and oxygen atoms in total. The molecular weight excluding hydrogens is 722 g/mol. The van der Waals surface area contributed by atoms with E-state index in [1.54, 1.807) is 32.6 Å². The number of ether oxygens (including phenoxy) is 1. The summed E-state index contributed by atoms with van der Waals surface area (Å²) in [7, 11) is -0.981. The molecule has 0 aliphatic carbocycles. The van der Waals surface area contributed by atoms with Crippen LogP contribution in [0.3, 0.4) is 0 Å². The van der Waals surface area contributed by atoms with E-state index in [0.29, 0.717) is 77.1 Å². The van der Waals surface area contributed by atoms with Crippen LogP contribution < -0.4 is 30.9 Å². The van der Waals surface area contributed by atoms with Gasteiger partial charge in [-0.05, 0) is 50.1 Å². The van der Waals surface area contributed by atoms with Crippen molar-refractivity contribution >= 4 is 70.6 Å². The smallest absolute Gasteiger partial charge is 0.255 e. The molecule has 0 saturated carbocycles. The first-order valence-electron chi connectivity index (χ1n) is 17.2. The van der Waals surface area contributed by atoms with Crippen molar-refractivity contribution in [3.05, 3.63) is 88.3 Å². The quantitative estimate of drug-likeness (QED) is 0.147. The predicted octanol–water partition coefficient (Wildman–Crippen LogP) is 5.10. The van der Waals surface area contributed by atoms with Crippen LogP contribution in [0.1, 0.15) is 34.3 Å². The molecule has 276 valence electrons. The summed E-state index contributed by atoms with van der Waals surface area (Å²) >= 11 is 6.44. The van der Waals surface area contributed by atoms with E-state index >= 15 is 4.39 Å².